The summed E-state index contributed by atoms with van der Waals surface area (Å²) in [6, 6.07) is 9.10. The number of rotatable bonds is 7. The van der Waals surface area contributed by atoms with E-state index >= 15 is 0 Å². The highest BCUT2D eigenvalue weighted by molar-refractivity contribution is 5.68. The van der Waals surface area contributed by atoms with E-state index in [4.69, 9.17) is 9.26 Å². The number of piperidine rings is 1. The fraction of sp³-hybridized carbons (Fsp3) is 0.385. The molecule has 0 atom stereocenters. The number of nitrogens with zero attached hydrogens (tertiary/aromatic N) is 4. The van der Waals surface area contributed by atoms with Gasteiger partial charge in [0.1, 0.15) is 17.3 Å². The number of halogens is 3. The van der Waals surface area contributed by atoms with Crippen molar-refractivity contribution in [2.75, 3.05) is 18.0 Å². The number of hydrogen-bond donors (Lipinski definition) is 1. The van der Waals surface area contributed by atoms with Crippen molar-refractivity contribution in [2.45, 2.75) is 50.5 Å². The van der Waals surface area contributed by atoms with Gasteiger partial charge in [0.05, 0.1) is 18.3 Å². The van der Waals surface area contributed by atoms with E-state index < -0.39 is 17.5 Å². The standard InChI is InChI=1S/C26H24F3N5O4/c27-26(28,29)20-4-2-1-3-18(20)22-19(23(37-32-22)15-5-6-15)14-36-17-9-11-34(12-10-17)21-8-7-16(13-30-21)24-31-25(35)38-33-24/h1-4,7-8,13,15,17H,5-6,9-12,14H2,(H,31,33,35). The second kappa shape index (κ2) is 9.75. The Balaban J connectivity index is 1.12. The van der Waals surface area contributed by atoms with Crippen LogP contribution in [0.25, 0.3) is 22.6 Å². The van der Waals surface area contributed by atoms with Crippen LogP contribution in [0.5, 0.6) is 0 Å². The molecule has 4 heterocycles. The minimum absolute atomic E-state index is 0.00767. The molecule has 6 rings (SSSR count). The Bertz CT molecular complexity index is 1470. The molecule has 2 fully saturated rings. The van der Waals surface area contributed by atoms with Gasteiger partial charge >= 0.3 is 11.9 Å². The lowest BCUT2D eigenvalue weighted by Gasteiger charge is -2.32. The van der Waals surface area contributed by atoms with Crippen LogP contribution in [0.3, 0.4) is 0 Å². The van der Waals surface area contributed by atoms with Gasteiger partial charge in [-0.15, -0.1) is 0 Å². The van der Waals surface area contributed by atoms with Crippen molar-refractivity contribution in [3.8, 4) is 22.6 Å². The molecule has 1 aromatic carbocycles. The number of aromatic amines is 1. The third-order valence-corrected chi connectivity index (χ3v) is 6.95. The molecule has 38 heavy (non-hydrogen) atoms. The molecular formula is C26H24F3N5O4. The van der Waals surface area contributed by atoms with Gasteiger partial charge in [-0.05, 0) is 43.9 Å². The largest absolute Gasteiger partial charge is 0.439 e. The summed E-state index contributed by atoms with van der Waals surface area (Å²) in [5.41, 5.74) is 0.720. The van der Waals surface area contributed by atoms with Crippen LogP contribution in [-0.2, 0) is 17.5 Å². The lowest BCUT2D eigenvalue weighted by Crippen LogP contribution is -2.37. The van der Waals surface area contributed by atoms with Crippen molar-refractivity contribution >= 4 is 5.82 Å². The fourth-order valence-electron chi connectivity index (χ4n) is 4.80. The average Bonchev–Trinajstić information content (AvgIpc) is 3.53. The maximum absolute atomic E-state index is 13.7. The quantitative estimate of drug-likeness (QED) is 0.351. The maximum Gasteiger partial charge on any atom is 0.439 e. The number of ether oxygens (including phenoxy) is 1. The zero-order valence-corrected chi connectivity index (χ0v) is 20.2. The van der Waals surface area contributed by atoms with Crippen LogP contribution >= 0.6 is 0 Å². The number of benzene rings is 1. The van der Waals surface area contributed by atoms with Gasteiger partial charge in [-0.25, -0.2) is 9.78 Å². The molecule has 1 saturated heterocycles. The highest BCUT2D eigenvalue weighted by Crippen LogP contribution is 2.46. The van der Waals surface area contributed by atoms with Gasteiger partial charge in [0.25, 0.3) is 0 Å². The SMILES string of the molecule is O=c1[nH]c(-c2ccc(N3CCC(OCc4c(-c5ccccc5C(F)(F)F)noc4C4CC4)CC3)nc2)no1. The summed E-state index contributed by atoms with van der Waals surface area (Å²) in [5.74, 6) is 1.29. The zero-order chi connectivity index (χ0) is 26.3. The highest BCUT2D eigenvalue weighted by Gasteiger charge is 2.37. The predicted octanol–water partition coefficient (Wildman–Crippen LogP) is 5.16. The first-order chi connectivity index (χ1) is 18.4. The smallest absolute Gasteiger partial charge is 0.373 e. The third-order valence-electron chi connectivity index (χ3n) is 6.95. The Hall–Kier alpha value is -3.93. The van der Waals surface area contributed by atoms with E-state index in [0.717, 1.165) is 37.6 Å². The monoisotopic (exact) mass is 527 g/mol. The van der Waals surface area contributed by atoms with Gasteiger partial charge in [0.15, 0.2) is 5.82 Å². The number of aromatic nitrogens is 4. The third kappa shape index (κ3) is 4.95. The molecule has 2 aliphatic rings. The van der Waals surface area contributed by atoms with Crippen LogP contribution in [0.15, 0.2) is 56.4 Å². The van der Waals surface area contributed by atoms with Crippen LogP contribution in [0.4, 0.5) is 19.0 Å². The first-order valence-electron chi connectivity index (χ1n) is 12.4. The van der Waals surface area contributed by atoms with E-state index in [1.807, 2.05) is 12.1 Å². The van der Waals surface area contributed by atoms with Crippen molar-refractivity contribution in [3.05, 3.63) is 70.0 Å². The summed E-state index contributed by atoms with van der Waals surface area (Å²) >= 11 is 0. The van der Waals surface area contributed by atoms with Gasteiger partial charge in [-0.2, -0.15) is 13.2 Å². The van der Waals surface area contributed by atoms with Crippen LogP contribution in [0.1, 0.15) is 48.5 Å². The van der Waals surface area contributed by atoms with Crippen LogP contribution in [0.2, 0.25) is 0 Å². The molecule has 1 aliphatic heterocycles. The number of nitrogens with one attached hydrogen (secondary N) is 1. The molecule has 0 unspecified atom stereocenters. The predicted molar refractivity (Wildman–Crippen MR) is 129 cm³/mol. The summed E-state index contributed by atoms with van der Waals surface area (Å²) in [6.45, 7) is 1.56. The minimum Gasteiger partial charge on any atom is -0.373 e. The molecular weight excluding hydrogens is 503 g/mol. The Kier molecular flexibility index (Phi) is 6.26. The van der Waals surface area contributed by atoms with E-state index in [1.54, 1.807) is 12.3 Å². The molecule has 12 heteroatoms. The zero-order valence-electron chi connectivity index (χ0n) is 20.2. The Morgan fingerprint density at radius 2 is 1.82 bits per heavy atom. The first kappa shape index (κ1) is 24.4. The van der Waals surface area contributed by atoms with Crippen LogP contribution in [0, 0.1) is 0 Å². The Morgan fingerprint density at radius 1 is 1.03 bits per heavy atom. The summed E-state index contributed by atoms with van der Waals surface area (Å²) in [6.07, 6.45) is 0.393. The number of hydrogen-bond acceptors (Lipinski definition) is 8. The number of H-pyrrole nitrogens is 1. The van der Waals surface area contributed by atoms with Crippen molar-refractivity contribution in [2.24, 2.45) is 0 Å². The highest BCUT2D eigenvalue weighted by atomic mass is 19.4. The molecule has 1 aliphatic carbocycles. The van der Waals surface area contributed by atoms with E-state index in [0.29, 0.717) is 35.8 Å². The van der Waals surface area contributed by atoms with Gasteiger partial charge in [-0.3, -0.25) is 9.51 Å². The number of anilines is 1. The van der Waals surface area contributed by atoms with E-state index in [-0.39, 0.29) is 29.9 Å². The topological polar surface area (TPSA) is 110 Å². The molecule has 3 aromatic heterocycles. The molecule has 1 saturated carbocycles. The van der Waals surface area contributed by atoms with Gasteiger partial charge in [-0.1, -0.05) is 28.5 Å². The maximum atomic E-state index is 13.7. The van der Waals surface area contributed by atoms with Gasteiger partial charge in [0.2, 0.25) is 0 Å². The van der Waals surface area contributed by atoms with Crippen molar-refractivity contribution in [3.63, 3.8) is 0 Å². The minimum atomic E-state index is -4.50. The van der Waals surface area contributed by atoms with E-state index in [2.05, 4.69) is 29.7 Å². The summed E-state index contributed by atoms with van der Waals surface area (Å²) < 4.78 is 57.4. The molecule has 0 radical (unpaired) electrons. The number of pyridine rings is 1. The molecule has 1 N–H and O–H groups in total. The summed E-state index contributed by atoms with van der Waals surface area (Å²) in [7, 11) is 0. The lowest BCUT2D eigenvalue weighted by atomic mass is 9.99. The van der Waals surface area contributed by atoms with Gasteiger partial charge in [0, 0.05) is 41.9 Å². The lowest BCUT2D eigenvalue weighted by molar-refractivity contribution is -0.137. The van der Waals surface area contributed by atoms with Crippen molar-refractivity contribution in [1.29, 1.82) is 0 Å². The molecule has 9 nitrogen and oxygen atoms in total. The first-order valence-corrected chi connectivity index (χ1v) is 12.4. The summed E-state index contributed by atoms with van der Waals surface area (Å²) in [4.78, 5) is 20.3. The molecule has 0 amide bonds. The van der Waals surface area contributed by atoms with Crippen molar-refractivity contribution < 1.29 is 27.0 Å². The summed E-state index contributed by atoms with van der Waals surface area (Å²) in [5, 5.41) is 7.73. The second-order valence-electron chi connectivity index (χ2n) is 9.54. The van der Waals surface area contributed by atoms with Crippen LogP contribution < -0.4 is 10.7 Å². The molecule has 4 aromatic rings. The second-order valence-corrected chi connectivity index (χ2v) is 9.54. The molecule has 0 spiro atoms. The van der Waals surface area contributed by atoms with Crippen LogP contribution in [-0.4, -0.2) is 39.5 Å². The normalized spacial score (nSPS) is 16.8. The Labute approximate surface area is 214 Å². The van der Waals surface area contributed by atoms with Crippen molar-refractivity contribution in [1.82, 2.24) is 20.3 Å². The van der Waals surface area contributed by atoms with Gasteiger partial charge < -0.3 is 14.2 Å². The molecule has 198 valence electrons. The average molecular weight is 528 g/mol. The van der Waals surface area contributed by atoms with E-state index in [9.17, 15) is 18.0 Å². The molecule has 0 bridgehead atoms. The fourth-order valence-corrected chi connectivity index (χ4v) is 4.80. The number of alkyl halides is 3. The van der Waals surface area contributed by atoms with E-state index in [1.165, 1.54) is 12.1 Å². The Morgan fingerprint density at radius 3 is 2.47 bits per heavy atom.